The van der Waals surface area contributed by atoms with E-state index in [1.165, 1.54) is 28.5 Å². The number of anilines is 1. The first-order chi connectivity index (χ1) is 15.0. The molecular weight excluding hydrogens is 438 g/mol. The molecule has 0 saturated carbocycles. The SMILES string of the molecule is NC(=O)c1coc(-c2csc(NC(=O)CCc3nc4sc5c(c4c(=O)[nH]3)CCC5)n2)c1. The van der Waals surface area contributed by atoms with Gasteiger partial charge in [0.15, 0.2) is 10.9 Å². The van der Waals surface area contributed by atoms with Crippen LogP contribution >= 0.6 is 22.7 Å². The fraction of sp³-hybridized carbons (Fsp3) is 0.250. The number of H-pyrrole nitrogens is 1. The summed E-state index contributed by atoms with van der Waals surface area (Å²) in [6, 6.07) is 1.50. The van der Waals surface area contributed by atoms with E-state index in [2.05, 4.69) is 20.3 Å². The number of primary amides is 1. The quantitative estimate of drug-likeness (QED) is 0.408. The van der Waals surface area contributed by atoms with Gasteiger partial charge in [-0.2, -0.15) is 0 Å². The molecule has 0 fully saturated rings. The normalized spacial score (nSPS) is 12.9. The number of nitrogens with one attached hydrogen (secondary N) is 2. The van der Waals surface area contributed by atoms with Crippen LogP contribution in [-0.4, -0.2) is 26.8 Å². The molecule has 0 spiro atoms. The molecule has 11 heteroatoms. The number of fused-ring (bicyclic) bond motifs is 3. The standard InChI is InChI=1S/C20H17N5O4S2/c21-17(27)9-6-12(29-7-9)11-8-30-20(22-11)25-15(26)5-4-14-23-18(28)16-10-2-1-3-13(10)31-19(16)24-14/h6-8H,1-5H2,(H2,21,27)(H,22,25,26)(H,23,24,28). The second-order valence-electron chi connectivity index (χ2n) is 7.20. The van der Waals surface area contributed by atoms with Gasteiger partial charge in [-0.25, -0.2) is 9.97 Å². The number of aromatic nitrogens is 3. The minimum atomic E-state index is -0.587. The molecule has 5 rings (SSSR count). The second kappa shape index (κ2) is 7.75. The fourth-order valence-electron chi connectivity index (χ4n) is 3.62. The number of amides is 2. The van der Waals surface area contributed by atoms with Crippen molar-refractivity contribution < 1.29 is 14.0 Å². The van der Waals surface area contributed by atoms with Crippen LogP contribution in [0.4, 0.5) is 5.13 Å². The molecule has 0 unspecified atom stereocenters. The van der Waals surface area contributed by atoms with E-state index in [1.807, 2.05) is 0 Å². The zero-order valence-corrected chi connectivity index (χ0v) is 17.8. The third-order valence-electron chi connectivity index (χ3n) is 5.10. The first-order valence-electron chi connectivity index (χ1n) is 9.65. The molecule has 4 aromatic heterocycles. The zero-order chi connectivity index (χ0) is 21.5. The Morgan fingerprint density at radius 1 is 1.29 bits per heavy atom. The van der Waals surface area contributed by atoms with E-state index in [0.717, 1.165) is 29.7 Å². The Kier molecular flexibility index (Phi) is 4.91. The Morgan fingerprint density at radius 3 is 2.97 bits per heavy atom. The first kappa shape index (κ1) is 19.6. The molecule has 0 atom stereocenters. The van der Waals surface area contributed by atoms with Gasteiger partial charge in [0.05, 0.1) is 10.9 Å². The van der Waals surface area contributed by atoms with Crippen LogP contribution in [0.5, 0.6) is 0 Å². The molecule has 4 aromatic rings. The molecule has 158 valence electrons. The minimum Gasteiger partial charge on any atom is -0.462 e. The van der Waals surface area contributed by atoms with Gasteiger partial charge < -0.3 is 20.5 Å². The van der Waals surface area contributed by atoms with Crippen molar-refractivity contribution in [2.75, 3.05) is 5.32 Å². The third kappa shape index (κ3) is 3.77. The Hall–Kier alpha value is -3.31. The maximum atomic E-state index is 12.5. The predicted octanol–water partition coefficient (Wildman–Crippen LogP) is 2.86. The highest BCUT2D eigenvalue weighted by Crippen LogP contribution is 2.34. The average molecular weight is 456 g/mol. The van der Waals surface area contributed by atoms with Crippen molar-refractivity contribution >= 4 is 49.8 Å². The third-order valence-corrected chi connectivity index (χ3v) is 7.04. The lowest BCUT2D eigenvalue weighted by Crippen LogP contribution is -2.16. The Balaban J connectivity index is 1.24. The van der Waals surface area contributed by atoms with Gasteiger partial charge in [0, 0.05) is 23.1 Å². The maximum Gasteiger partial charge on any atom is 0.259 e. The molecule has 31 heavy (non-hydrogen) atoms. The van der Waals surface area contributed by atoms with Gasteiger partial charge in [-0.15, -0.1) is 22.7 Å². The van der Waals surface area contributed by atoms with Crippen molar-refractivity contribution in [2.24, 2.45) is 5.73 Å². The van der Waals surface area contributed by atoms with E-state index in [1.54, 1.807) is 16.7 Å². The highest BCUT2D eigenvalue weighted by atomic mass is 32.1. The molecule has 0 aromatic carbocycles. The number of thiophene rings is 1. The maximum absolute atomic E-state index is 12.5. The van der Waals surface area contributed by atoms with Crippen LogP contribution in [0.3, 0.4) is 0 Å². The number of rotatable bonds is 6. The van der Waals surface area contributed by atoms with E-state index < -0.39 is 5.91 Å². The topological polar surface area (TPSA) is 144 Å². The number of carbonyl (C=O) groups is 2. The van der Waals surface area contributed by atoms with Crippen LogP contribution in [0.15, 0.2) is 26.9 Å². The van der Waals surface area contributed by atoms with Crippen LogP contribution in [0.1, 0.15) is 39.5 Å². The van der Waals surface area contributed by atoms with Crippen molar-refractivity contribution in [1.29, 1.82) is 0 Å². The molecule has 0 aliphatic heterocycles. The molecule has 0 bridgehead atoms. The predicted molar refractivity (Wildman–Crippen MR) is 118 cm³/mol. The number of thiazole rings is 1. The van der Waals surface area contributed by atoms with Gasteiger partial charge in [-0.3, -0.25) is 14.4 Å². The summed E-state index contributed by atoms with van der Waals surface area (Å²) in [5.74, 6) is 0.0655. The number of aromatic amines is 1. The van der Waals surface area contributed by atoms with Gasteiger partial charge in [0.2, 0.25) is 5.91 Å². The second-order valence-corrected chi connectivity index (χ2v) is 9.14. The molecule has 4 N–H and O–H groups in total. The van der Waals surface area contributed by atoms with E-state index in [4.69, 9.17) is 10.2 Å². The van der Waals surface area contributed by atoms with Crippen molar-refractivity contribution in [3.05, 3.63) is 49.9 Å². The molecule has 0 radical (unpaired) electrons. The van der Waals surface area contributed by atoms with Gasteiger partial charge in [0.1, 0.15) is 22.6 Å². The summed E-state index contributed by atoms with van der Waals surface area (Å²) in [5, 5.41) is 5.56. The zero-order valence-electron chi connectivity index (χ0n) is 16.2. The number of nitrogens with zero attached hydrogens (tertiary/aromatic N) is 2. The summed E-state index contributed by atoms with van der Waals surface area (Å²) >= 11 is 2.82. The summed E-state index contributed by atoms with van der Waals surface area (Å²) in [6.07, 6.45) is 4.76. The average Bonchev–Trinajstić information content (AvgIpc) is 3.48. The summed E-state index contributed by atoms with van der Waals surface area (Å²) in [5.41, 5.74) is 6.97. The summed E-state index contributed by atoms with van der Waals surface area (Å²) in [7, 11) is 0. The number of aryl methyl sites for hydroxylation is 3. The largest absolute Gasteiger partial charge is 0.462 e. The molecule has 1 aliphatic carbocycles. The molecule has 9 nitrogen and oxygen atoms in total. The molecule has 4 heterocycles. The lowest BCUT2D eigenvalue weighted by Gasteiger charge is -2.02. The van der Waals surface area contributed by atoms with E-state index >= 15 is 0 Å². The van der Waals surface area contributed by atoms with Crippen molar-refractivity contribution in [2.45, 2.75) is 32.1 Å². The molecular formula is C20H17N5O4S2. The van der Waals surface area contributed by atoms with Crippen LogP contribution in [-0.2, 0) is 24.1 Å². The summed E-state index contributed by atoms with van der Waals surface area (Å²) < 4.78 is 5.29. The van der Waals surface area contributed by atoms with Crippen LogP contribution in [0.25, 0.3) is 21.7 Å². The Labute approximate surface area is 183 Å². The summed E-state index contributed by atoms with van der Waals surface area (Å²) in [4.78, 5) is 49.7. The lowest BCUT2D eigenvalue weighted by molar-refractivity contribution is -0.116. The van der Waals surface area contributed by atoms with E-state index in [-0.39, 0.29) is 23.5 Å². The van der Waals surface area contributed by atoms with Gasteiger partial charge in [0.25, 0.3) is 11.5 Å². The number of hydrogen-bond acceptors (Lipinski definition) is 8. The highest BCUT2D eigenvalue weighted by Gasteiger charge is 2.21. The number of nitrogens with two attached hydrogens (primary N) is 1. The Morgan fingerprint density at radius 2 is 2.16 bits per heavy atom. The van der Waals surface area contributed by atoms with E-state index in [0.29, 0.717) is 34.2 Å². The first-order valence-corrected chi connectivity index (χ1v) is 11.3. The number of furan rings is 1. The Bertz CT molecular complexity index is 1380. The summed E-state index contributed by atoms with van der Waals surface area (Å²) in [6.45, 7) is 0. The molecule has 2 amide bonds. The van der Waals surface area contributed by atoms with Gasteiger partial charge in [-0.05, 0) is 30.9 Å². The van der Waals surface area contributed by atoms with Gasteiger partial charge >= 0.3 is 0 Å². The monoisotopic (exact) mass is 455 g/mol. The van der Waals surface area contributed by atoms with Crippen molar-refractivity contribution in [1.82, 2.24) is 15.0 Å². The number of carbonyl (C=O) groups excluding carboxylic acids is 2. The smallest absolute Gasteiger partial charge is 0.259 e. The van der Waals surface area contributed by atoms with Crippen molar-refractivity contribution in [3.8, 4) is 11.5 Å². The minimum absolute atomic E-state index is 0.127. The van der Waals surface area contributed by atoms with Crippen LogP contribution in [0, 0.1) is 0 Å². The lowest BCUT2D eigenvalue weighted by atomic mass is 10.2. The van der Waals surface area contributed by atoms with Crippen LogP contribution in [0.2, 0.25) is 0 Å². The molecule has 1 aliphatic rings. The van der Waals surface area contributed by atoms with Crippen molar-refractivity contribution in [3.63, 3.8) is 0 Å². The van der Waals surface area contributed by atoms with Crippen LogP contribution < -0.4 is 16.6 Å². The number of hydrogen-bond donors (Lipinski definition) is 3. The van der Waals surface area contributed by atoms with E-state index in [9.17, 15) is 14.4 Å². The fourth-order valence-corrected chi connectivity index (χ4v) is 5.62. The van der Waals surface area contributed by atoms with Gasteiger partial charge in [-0.1, -0.05) is 0 Å². The molecule has 0 saturated heterocycles. The highest BCUT2D eigenvalue weighted by molar-refractivity contribution is 7.18.